The van der Waals surface area contributed by atoms with Crippen molar-refractivity contribution in [1.82, 2.24) is 24.5 Å². The van der Waals surface area contributed by atoms with E-state index in [1.165, 1.54) is 6.33 Å². The predicted molar refractivity (Wildman–Crippen MR) is 68.1 cm³/mol. The second-order valence-electron chi connectivity index (χ2n) is 4.41. The average molecular weight is 263 g/mol. The molecule has 2 heterocycles. The fraction of sp³-hybridized carbons (Fsp3) is 0.500. The van der Waals surface area contributed by atoms with Crippen LogP contribution in [-0.4, -0.2) is 35.6 Å². The lowest BCUT2D eigenvalue weighted by Crippen LogP contribution is -2.12. The summed E-state index contributed by atoms with van der Waals surface area (Å²) < 4.78 is 3.48. The van der Waals surface area contributed by atoms with Crippen LogP contribution in [0.2, 0.25) is 0 Å². The van der Waals surface area contributed by atoms with Gasteiger partial charge in [-0.05, 0) is 20.3 Å². The van der Waals surface area contributed by atoms with E-state index in [-0.39, 0.29) is 5.56 Å². The Balaban J connectivity index is 2.31. The number of aryl methyl sites for hydroxylation is 2. The maximum Gasteiger partial charge on any atom is 0.339 e. The minimum absolute atomic E-state index is 0.265. The zero-order valence-corrected chi connectivity index (χ0v) is 11.3. The maximum atomic E-state index is 11.1. The van der Waals surface area contributed by atoms with E-state index in [1.54, 1.807) is 18.5 Å². The molecule has 0 bridgehead atoms. The Morgan fingerprint density at radius 3 is 2.68 bits per heavy atom. The highest BCUT2D eigenvalue weighted by molar-refractivity contribution is 5.90. The van der Waals surface area contributed by atoms with Gasteiger partial charge >= 0.3 is 5.97 Å². The SMILES string of the molecule is CCCn1ncnc1Cn1nc(C)c(C(=O)O)c1C. The summed E-state index contributed by atoms with van der Waals surface area (Å²) in [6, 6.07) is 0. The van der Waals surface area contributed by atoms with E-state index in [1.807, 2.05) is 4.68 Å². The Bertz CT molecular complexity index is 599. The third kappa shape index (κ3) is 2.49. The van der Waals surface area contributed by atoms with Crippen LogP contribution in [-0.2, 0) is 13.1 Å². The van der Waals surface area contributed by atoms with Crippen LogP contribution in [0.25, 0.3) is 0 Å². The van der Waals surface area contributed by atoms with Crippen LogP contribution in [0.4, 0.5) is 0 Å². The van der Waals surface area contributed by atoms with Crippen LogP contribution in [0.15, 0.2) is 6.33 Å². The van der Waals surface area contributed by atoms with Gasteiger partial charge in [0.15, 0.2) is 0 Å². The summed E-state index contributed by atoms with van der Waals surface area (Å²) in [5.74, 6) is -0.166. The standard InChI is InChI=1S/C12H17N5O2/c1-4-5-16-10(13-7-14-16)6-17-9(3)11(12(18)19)8(2)15-17/h7H,4-6H2,1-3H3,(H,18,19). The van der Waals surface area contributed by atoms with Gasteiger partial charge in [-0.1, -0.05) is 6.92 Å². The van der Waals surface area contributed by atoms with Gasteiger partial charge in [0.05, 0.1) is 11.4 Å². The first-order chi connectivity index (χ1) is 9.04. The molecule has 2 aromatic heterocycles. The minimum atomic E-state index is -0.948. The summed E-state index contributed by atoms with van der Waals surface area (Å²) in [6.45, 7) is 6.74. The highest BCUT2D eigenvalue weighted by Crippen LogP contribution is 2.14. The third-order valence-electron chi connectivity index (χ3n) is 3.02. The van der Waals surface area contributed by atoms with Crippen LogP contribution in [0.1, 0.15) is 40.9 Å². The number of nitrogens with zero attached hydrogens (tertiary/aromatic N) is 5. The molecule has 0 aliphatic carbocycles. The van der Waals surface area contributed by atoms with Crippen LogP contribution in [0.5, 0.6) is 0 Å². The summed E-state index contributed by atoms with van der Waals surface area (Å²) >= 11 is 0. The molecule has 102 valence electrons. The molecule has 0 saturated heterocycles. The van der Waals surface area contributed by atoms with Gasteiger partial charge in [0.1, 0.15) is 24.3 Å². The summed E-state index contributed by atoms with van der Waals surface area (Å²) in [5, 5.41) is 17.5. The molecular weight excluding hydrogens is 246 g/mol. The summed E-state index contributed by atoms with van der Waals surface area (Å²) in [6.07, 6.45) is 2.47. The van der Waals surface area contributed by atoms with E-state index in [4.69, 9.17) is 5.11 Å². The normalized spacial score (nSPS) is 10.9. The van der Waals surface area contributed by atoms with Crippen molar-refractivity contribution < 1.29 is 9.90 Å². The first kappa shape index (κ1) is 13.3. The Morgan fingerprint density at radius 2 is 2.11 bits per heavy atom. The van der Waals surface area contributed by atoms with Gasteiger partial charge in [-0.3, -0.25) is 4.68 Å². The molecule has 0 unspecified atom stereocenters. The molecule has 0 radical (unpaired) electrons. The molecule has 1 N–H and O–H groups in total. The molecule has 2 rings (SSSR count). The minimum Gasteiger partial charge on any atom is -0.478 e. The molecule has 0 saturated carbocycles. The number of carbonyl (C=O) groups is 1. The number of rotatable bonds is 5. The van der Waals surface area contributed by atoms with Gasteiger partial charge in [0, 0.05) is 6.54 Å². The van der Waals surface area contributed by atoms with Crippen LogP contribution in [0, 0.1) is 13.8 Å². The van der Waals surface area contributed by atoms with Crippen LogP contribution < -0.4 is 0 Å². The van der Waals surface area contributed by atoms with Gasteiger partial charge in [-0.15, -0.1) is 0 Å². The van der Waals surface area contributed by atoms with Crippen molar-refractivity contribution in [1.29, 1.82) is 0 Å². The molecule has 0 spiro atoms. The monoisotopic (exact) mass is 263 g/mol. The number of hydrogen-bond donors (Lipinski definition) is 1. The fourth-order valence-electron chi connectivity index (χ4n) is 2.10. The molecule has 0 aromatic carbocycles. The van der Waals surface area contributed by atoms with Crippen molar-refractivity contribution in [3.05, 3.63) is 29.1 Å². The summed E-state index contributed by atoms with van der Waals surface area (Å²) in [5.41, 5.74) is 1.42. The van der Waals surface area contributed by atoms with Crippen LogP contribution >= 0.6 is 0 Å². The van der Waals surface area contributed by atoms with Gasteiger partial charge in [0.2, 0.25) is 0 Å². The Hall–Kier alpha value is -2.18. The lowest BCUT2D eigenvalue weighted by atomic mass is 10.2. The van der Waals surface area contributed by atoms with Gasteiger partial charge in [0.25, 0.3) is 0 Å². The zero-order valence-electron chi connectivity index (χ0n) is 11.3. The lowest BCUT2D eigenvalue weighted by molar-refractivity contribution is 0.0695. The highest BCUT2D eigenvalue weighted by Gasteiger charge is 2.18. The zero-order chi connectivity index (χ0) is 14.0. The number of carboxylic acids is 1. The second kappa shape index (κ2) is 5.21. The molecule has 19 heavy (non-hydrogen) atoms. The van der Waals surface area contributed by atoms with Crippen molar-refractivity contribution in [3.8, 4) is 0 Å². The Labute approximate surface area is 110 Å². The topological polar surface area (TPSA) is 85.8 Å². The lowest BCUT2D eigenvalue weighted by Gasteiger charge is -2.06. The van der Waals surface area contributed by atoms with Gasteiger partial charge < -0.3 is 5.11 Å². The van der Waals surface area contributed by atoms with E-state index in [0.29, 0.717) is 17.9 Å². The number of hydrogen-bond acceptors (Lipinski definition) is 4. The first-order valence-corrected chi connectivity index (χ1v) is 6.18. The molecular formula is C12H17N5O2. The van der Waals surface area contributed by atoms with Crippen molar-refractivity contribution in [2.24, 2.45) is 0 Å². The quantitative estimate of drug-likeness (QED) is 0.877. The van der Waals surface area contributed by atoms with E-state index in [9.17, 15) is 4.79 Å². The van der Waals surface area contributed by atoms with E-state index in [0.717, 1.165) is 18.8 Å². The molecule has 2 aromatic rings. The number of carboxylic acid groups (broad SMARTS) is 1. The van der Waals surface area contributed by atoms with Crippen molar-refractivity contribution in [2.75, 3.05) is 0 Å². The predicted octanol–water partition coefficient (Wildman–Crippen LogP) is 1.25. The molecule has 7 nitrogen and oxygen atoms in total. The van der Waals surface area contributed by atoms with Crippen molar-refractivity contribution >= 4 is 5.97 Å². The van der Waals surface area contributed by atoms with E-state index >= 15 is 0 Å². The molecule has 0 aliphatic rings. The van der Waals surface area contributed by atoms with Gasteiger partial charge in [-0.25, -0.2) is 14.5 Å². The molecule has 0 amide bonds. The molecule has 0 atom stereocenters. The highest BCUT2D eigenvalue weighted by atomic mass is 16.4. The smallest absolute Gasteiger partial charge is 0.339 e. The maximum absolute atomic E-state index is 11.1. The molecule has 7 heteroatoms. The molecule has 0 fully saturated rings. The van der Waals surface area contributed by atoms with E-state index < -0.39 is 5.97 Å². The van der Waals surface area contributed by atoms with Crippen molar-refractivity contribution in [2.45, 2.75) is 40.3 Å². The largest absolute Gasteiger partial charge is 0.478 e. The Morgan fingerprint density at radius 1 is 1.37 bits per heavy atom. The molecule has 0 aliphatic heterocycles. The van der Waals surface area contributed by atoms with E-state index in [2.05, 4.69) is 22.1 Å². The second-order valence-corrected chi connectivity index (χ2v) is 4.41. The third-order valence-corrected chi connectivity index (χ3v) is 3.02. The first-order valence-electron chi connectivity index (χ1n) is 6.18. The number of aromatic nitrogens is 5. The van der Waals surface area contributed by atoms with Crippen molar-refractivity contribution in [3.63, 3.8) is 0 Å². The van der Waals surface area contributed by atoms with Gasteiger partial charge in [-0.2, -0.15) is 10.2 Å². The fourth-order valence-corrected chi connectivity index (χ4v) is 2.10. The Kier molecular flexibility index (Phi) is 3.64. The van der Waals surface area contributed by atoms with Crippen LogP contribution in [0.3, 0.4) is 0 Å². The summed E-state index contributed by atoms with van der Waals surface area (Å²) in [4.78, 5) is 15.3. The average Bonchev–Trinajstić information content (AvgIpc) is 2.86. The summed E-state index contributed by atoms with van der Waals surface area (Å²) in [7, 11) is 0. The number of aromatic carboxylic acids is 1.